The Labute approximate surface area is 120 Å². The highest BCUT2D eigenvalue weighted by atomic mass is 32.2. The molecule has 1 saturated heterocycles. The molecule has 1 aliphatic heterocycles. The van der Waals surface area contributed by atoms with Crippen molar-refractivity contribution in [3.8, 4) is 0 Å². The number of nitrogens with one attached hydrogen (secondary N) is 2. The molecule has 1 aliphatic rings. The Morgan fingerprint density at radius 1 is 1.40 bits per heavy atom. The van der Waals surface area contributed by atoms with E-state index >= 15 is 0 Å². The standard InChI is InChI=1S/C14H22N2O3S/c1-11-12(9-15-2)5-3-7-14(11)20(17,18)16-10-13-6-4-8-19-13/h3,5,7,13,15-16H,4,6,8-10H2,1-2H3. The number of ether oxygens (including phenoxy) is 1. The van der Waals surface area contributed by atoms with E-state index in [2.05, 4.69) is 10.0 Å². The highest BCUT2D eigenvalue weighted by molar-refractivity contribution is 7.89. The molecule has 0 saturated carbocycles. The summed E-state index contributed by atoms with van der Waals surface area (Å²) >= 11 is 0. The van der Waals surface area contributed by atoms with E-state index in [9.17, 15) is 8.42 Å². The van der Waals surface area contributed by atoms with E-state index in [0.29, 0.717) is 18.0 Å². The van der Waals surface area contributed by atoms with Gasteiger partial charge in [0.25, 0.3) is 0 Å². The van der Waals surface area contributed by atoms with Gasteiger partial charge in [0.05, 0.1) is 11.0 Å². The lowest BCUT2D eigenvalue weighted by molar-refractivity contribution is 0.114. The van der Waals surface area contributed by atoms with Gasteiger partial charge in [0.15, 0.2) is 0 Å². The predicted molar refractivity (Wildman–Crippen MR) is 78.1 cm³/mol. The van der Waals surface area contributed by atoms with Crippen LogP contribution >= 0.6 is 0 Å². The minimum absolute atomic E-state index is 0.00516. The van der Waals surface area contributed by atoms with Gasteiger partial charge in [0, 0.05) is 19.7 Å². The second-order valence-electron chi connectivity index (χ2n) is 5.06. The molecular formula is C14H22N2O3S. The summed E-state index contributed by atoms with van der Waals surface area (Å²) in [6.07, 6.45) is 1.93. The molecule has 0 radical (unpaired) electrons. The number of hydrogen-bond acceptors (Lipinski definition) is 4. The second-order valence-corrected chi connectivity index (χ2v) is 6.79. The van der Waals surface area contributed by atoms with Crippen LogP contribution in [0.2, 0.25) is 0 Å². The van der Waals surface area contributed by atoms with Crippen LogP contribution in [-0.4, -0.2) is 34.7 Å². The largest absolute Gasteiger partial charge is 0.377 e. The van der Waals surface area contributed by atoms with Gasteiger partial charge in [-0.2, -0.15) is 0 Å². The van der Waals surface area contributed by atoms with Crippen LogP contribution in [0.5, 0.6) is 0 Å². The number of rotatable bonds is 6. The van der Waals surface area contributed by atoms with Crippen molar-refractivity contribution in [2.75, 3.05) is 20.2 Å². The van der Waals surface area contributed by atoms with Gasteiger partial charge in [-0.05, 0) is 44.0 Å². The monoisotopic (exact) mass is 298 g/mol. The van der Waals surface area contributed by atoms with Crippen LogP contribution in [0.25, 0.3) is 0 Å². The lowest BCUT2D eigenvalue weighted by atomic mass is 10.1. The van der Waals surface area contributed by atoms with Crippen LogP contribution in [-0.2, 0) is 21.3 Å². The molecule has 112 valence electrons. The van der Waals surface area contributed by atoms with Crippen molar-refractivity contribution in [2.24, 2.45) is 0 Å². The Morgan fingerprint density at radius 3 is 2.85 bits per heavy atom. The lowest BCUT2D eigenvalue weighted by Gasteiger charge is -2.14. The molecule has 0 amide bonds. The van der Waals surface area contributed by atoms with Crippen molar-refractivity contribution in [3.63, 3.8) is 0 Å². The van der Waals surface area contributed by atoms with Crippen molar-refractivity contribution >= 4 is 10.0 Å². The van der Waals surface area contributed by atoms with Gasteiger partial charge in [0.2, 0.25) is 10.0 Å². The third kappa shape index (κ3) is 3.58. The first kappa shape index (κ1) is 15.4. The molecular weight excluding hydrogens is 276 g/mol. The summed E-state index contributed by atoms with van der Waals surface area (Å²) in [6, 6.07) is 5.36. The van der Waals surface area contributed by atoms with Crippen molar-refractivity contribution in [2.45, 2.75) is 37.3 Å². The van der Waals surface area contributed by atoms with Crippen molar-refractivity contribution in [3.05, 3.63) is 29.3 Å². The van der Waals surface area contributed by atoms with E-state index in [4.69, 9.17) is 4.74 Å². The Balaban J connectivity index is 2.13. The van der Waals surface area contributed by atoms with Crippen molar-refractivity contribution in [1.29, 1.82) is 0 Å². The molecule has 5 nitrogen and oxygen atoms in total. The average Bonchev–Trinajstić information content (AvgIpc) is 2.92. The zero-order valence-electron chi connectivity index (χ0n) is 12.0. The summed E-state index contributed by atoms with van der Waals surface area (Å²) in [5, 5.41) is 3.05. The van der Waals surface area contributed by atoms with Crippen LogP contribution in [0.15, 0.2) is 23.1 Å². The fourth-order valence-electron chi connectivity index (χ4n) is 2.42. The maximum Gasteiger partial charge on any atom is 0.240 e. The van der Waals surface area contributed by atoms with E-state index in [-0.39, 0.29) is 6.10 Å². The molecule has 1 atom stereocenters. The van der Waals surface area contributed by atoms with Gasteiger partial charge in [-0.3, -0.25) is 0 Å². The van der Waals surface area contributed by atoms with Crippen LogP contribution in [0.4, 0.5) is 0 Å². The predicted octanol–water partition coefficient (Wildman–Crippen LogP) is 1.17. The minimum Gasteiger partial charge on any atom is -0.377 e. The molecule has 1 unspecified atom stereocenters. The second kappa shape index (κ2) is 6.67. The normalized spacial score (nSPS) is 19.4. The first-order valence-electron chi connectivity index (χ1n) is 6.89. The van der Waals surface area contributed by atoms with Crippen molar-refractivity contribution in [1.82, 2.24) is 10.0 Å². The maximum atomic E-state index is 12.4. The zero-order valence-corrected chi connectivity index (χ0v) is 12.8. The van der Waals surface area contributed by atoms with Gasteiger partial charge >= 0.3 is 0 Å². The van der Waals surface area contributed by atoms with Gasteiger partial charge in [0.1, 0.15) is 0 Å². The Kier molecular flexibility index (Phi) is 5.15. The zero-order chi connectivity index (χ0) is 14.6. The minimum atomic E-state index is -3.48. The topological polar surface area (TPSA) is 67.4 Å². The first-order chi connectivity index (χ1) is 9.54. The number of benzene rings is 1. The Bertz CT molecular complexity index is 552. The molecule has 0 aromatic heterocycles. The Hall–Kier alpha value is -0.950. The SMILES string of the molecule is CNCc1cccc(S(=O)(=O)NCC2CCCO2)c1C. The summed E-state index contributed by atoms with van der Waals surface area (Å²) in [4.78, 5) is 0.350. The van der Waals surface area contributed by atoms with E-state index in [0.717, 1.165) is 30.6 Å². The fourth-order valence-corrected chi connectivity index (χ4v) is 3.77. The van der Waals surface area contributed by atoms with Gasteiger partial charge in [-0.1, -0.05) is 12.1 Å². The smallest absolute Gasteiger partial charge is 0.240 e. The molecule has 0 aliphatic carbocycles. The first-order valence-corrected chi connectivity index (χ1v) is 8.37. The number of hydrogen-bond donors (Lipinski definition) is 2. The maximum absolute atomic E-state index is 12.4. The van der Waals surface area contributed by atoms with Crippen LogP contribution in [0, 0.1) is 6.92 Å². The molecule has 1 fully saturated rings. The highest BCUT2D eigenvalue weighted by Crippen LogP contribution is 2.19. The molecule has 1 heterocycles. The average molecular weight is 298 g/mol. The summed E-state index contributed by atoms with van der Waals surface area (Å²) in [6.45, 7) is 3.56. The molecule has 0 spiro atoms. The Morgan fingerprint density at radius 2 is 2.20 bits per heavy atom. The van der Waals surface area contributed by atoms with Crippen molar-refractivity contribution < 1.29 is 13.2 Å². The molecule has 1 aromatic rings. The summed E-state index contributed by atoms with van der Waals surface area (Å²) < 4.78 is 32.9. The molecule has 20 heavy (non-hydrogen) atoms. The van der Waals surface area contributed by atoms with Crippen LogP contribution < -0.4 is 10.0 Å². The molecule has 6 heteroatoms. The summed E-state index contributed by atoms with van der Waals surface area (Å²) in [5.74, 6) is 0. The molecule has 0 bridgehead atoms. The lowest BCUT2D eigenvalue weighted by Crippen LogP contribution is -2.32. The highest BCUT2D eigenvalue weighted by Gasteiger charge is 2.22. The fraction of sp³-hybridized carbons (Fsp3) is 0.571. The summed E-state index contributed by atoms with van der Waals surface area (Å²) in [5.41, 5.74) is 1.79. The number of sulfonamides is 1. The third-order valence-corrected chi connectivity index (χ3v) is 5.15. The van der Waals surface area contributed by atoms with Gasteiger partial charge in [-0.25, -0.2) is 13.1 Å². The van der Waals surface area contributed by atoms with E-state index < -0.39 is 10.0 Å². The van der Waals surface area contributed by atoms with E-state index in [1.165, 1.54) is 0 Å². The molecule has 2 rings (SSSR count). The van der Waals surface area contributed by atoms with Crippen LogP contribution in [0.3, 0.4) is 0 Å². The summed E-state index contributed by atoms with van der Waals surface area (Å²) in [7, 11) is -1.63. The quantitative estimate of drug-likeness (QED) is 0.827. The van der Waals surface area contributed by atoms with Crippen LogP contribution in [0.1, 0.15) is 24.0 Å². The van der Waals surface area contributed by atoms with Gasteiger partial charge < -0.3 is 10.1 Å². The van der Waals surface area contributed by atoms with E-state index in [1.54, 1.807) is 12.1 Å². The molecule has 1 aromatic carbocycles. The third-order valence-electron chi connectivity index (χ3n) is 3.58. The molecule has 2 N–H and O–H groups in total. The van der Waals surface area contributed by atoms with E-state index in [1.807, 2.05) is 20.0 Å². The van der Waals surface area contributed by atoms with Gasteiger partial charge in [-0.15, -0.1) is 0 Å².